The Hall–Kier alpha value is -2.74. The molecule has 0 unspecified atom stereocenters. The topological polar surface area (TPSA) is 72.5 Å². The Balaban J connectivity index is 1.90. The van der Waals surface area contributed by atoms with Gasteiger partial charge in [-0.15, -0.1) is 11.8 Å². The lowest BCUT2D eigenvalue weighted by atomic mass is 10.1. The zero-order valence-corrected chi connectivity index (χ0v) is 15.4. The van der Waals surface area contributed by atoms with Crippen LogP contribution in [0.15, 0.2) is 47.4 Å². The number of ether oxygens (including phenoxy) is 1. The van der Waals surface area contributed by atoms with Crippen molar-refractivity contribution in [1.29, 1.82) is 0 Å². The number of carbonyl (C=O) groups excluding carboxylic acids is 3. The minimum Gasteiger partial charge on any atom is -0.454 e. The smallest absolute Gasteiger partial charge is 0.316 e. The van der Waals surface area contributed by atoms with Crippen LogP contribution in [0, 0.1) is 11.6 Å². The summed E-state index contributed by atoms with van der Waals surface area (Å²) in [6.45, 7) is 2.80. The molecule has 1 amide bonds. The number of hydrogen-bond donors (Lipinski definition) is 1. The highest BCUT2D eigenvalue weighted by atomic mass is 32.2. The molecular weight excluding hydrogens is 376 g/mol. The third-order valence-corrected chi connectivity index (χ3v) is 4.41. The van der Waals surface area contributed by atoms with Gasteiger partial charge in [-0.25, -0.2) is 8.78 Å². The minimum absolute atomic E-state index is 0.0144. The van der Waals surface area contributed by atoms with E-state index >= 15 is 0 Å². The maximum absolute atomic E-state index is 13.5. The lowest BCUT2D eigenvalue weighted by molar-refractivity contribution is -0.143. The largest absolute Gasteiger partial charge is 0.454 e. The molecule has 0 saturated heterocycles. The molecule has 0 aliphatic rings. The Morgan fingerprint density at radius 1 is 1.11 bits per heavy atom. The van der Waals surface area contributed by atoms with Crippen LogP contribution in [-0.2, 0) is 14.3 Å². The van der Waals surface area contributed by atoms with Crippen LogP contribution in [0.2, 0.25) is 0 Å². The van der Waals surface area contributed by atoms with Gasteiger partial charge in [-0.3, -0.25) is 14.4 Å². The van der Waals surface area contributed by atoms with Crippen molar-refractivity contribution >= 4 is 35.1 Å². The third-order valence-electron chi connectivity index (χ3n) is 3.41. The molecule has 2 aromatic rings. The second-order valence-corrected chi connectivity index (χ2v) is 6.64. The SMILES string of the molecule is CC(=O)Nc1ccc(C(=O)[C@@H](C)OC(=O)CSc2cc(F)ccc2F)cc1. The number of ketones is 1. The van der Waals surface area contributed by atoms with Crippen LogP contribution < -0.4 is 5.32 Å². The van der Waals surface area contributed by atoms with Crippen LogP contribution in [0.3, 0.4) is 0 Å². The number of esters is 1. The van der Waals surface area contributed by atoms with E-state index in [-0.39, 0.29) is 16.6 Å². The molecule has 1 atom stereocenters. The molecule has 2 rings (SSSR count). The Morgan fingerprint density at radius 3 is 2.41 bits per heavy atom. The van der Waals surface area contributed by atoms with Crippen LogP contribution in [0.4, 0.5) is 14.5 Å². The predicted octanol–water partition coefficient (Wildman–Crippen LogP) is 3.83. The number of benzene rings is 2. The van der Waals surface area contributed by atoms with Crippen molar-refractivity contribution in [2.45, 2.75) is 24.8 Å². The van der Waals surface area contributed by atoms with Gasteiger partial charge in [0.25, 0.3) is 0 Å². The average Bonchev–Trinajstić information content (AvgIpc) is 2.62. The number of amides is 1. The summed E-state index contributed by atoms with van der Waals surface area (Å²) in [5.74, 6) is -2.89. The molecule has 0 radical (unpaired) electrons. The normalized spacial score (nSPS) is 11.6. The van der Waals surface area contributed by atoms with Gasteiger partial charge >= 0.3 is 5.97 Å². The van der Waals surface area contributed by atoms with Crippen molar-refractivity contribution in [1.82, 2.24) is 0 Å². The van der Waals surface area contributed by atoms with Crippen molar-refractivity contribution in [3.63, 3.8) is 0 Å². The highest BCUT2D eigenvalue weighted by molar-refractivity contribution is 8.00. The van der Waals surface area contributed by atoms with E-state index in [1.54, 1.807) is 12.1 Å². The minimum atomic E-state index is -1.04. The molecule has 0 spiro atoms. The molecule has 5 nitrogen and oxygen atoms in total. The summed E-state index contributed by atoms with van der Waals surface area (Å²) in [7, 11) is 0. The standard InChI is InChI=1S/C19H17F2NO4S/c1-11(19(25)13-3-6-15(7-4-13)22-12(2)23)26-18(24)10-27-17-9-14(20)5-8-16(17)21/h3-9,11H,10H2,1-2H3,(H,22,23)/t11-/m1/s1. The number of hydrogen-bond acceptors (Lipinski definition) is 5. The van der Waals surface area contributed by atoms with Gasteiger partial charge in [-0.2, -0.15) is 0 Å². The molecule has 8 heteroatoms. The lowest BCUT2D eigenvalue weighted by Crippen LogP contribution is -2.25. The maximum Gasteiger partial charge on any atom is 0.316 e. The van der Waals surface area contributed by atoms with Crippen molar-refractivity contribution in [3.05, 3.63) is 59.7 Å². The first-order valence-corrected chi connectivity index (χ1v) is 8.94. The van der Waals surface area contributed by atoms with Gasteiger partial charge < -0.3 is 10.1 Å². The fraction of sp³-hybridized carbons (Fsp3) is 0.211. The van der Waals surface area contributed by atoms with Gasteiger partial charge in [0.2, 0.25) is 11.7 Å². The van der Waals surface area contributed by atoms with Gasteiger partial charge in [-0.1, -0.05) is 0 Å². The van der Waals surface area contributed by atoms with Gasteiger partial charge in [0.05, 0.1) is 5.75 Å². The third kappa shape index (κ3) is 6.18. The van der Waals surface area contributed by atoms with Crippen molar-refractivity contribution in [2.75, 3.05) is 11.1 Å². The van der Waals surface area contributed by atoms with E-state index < -0.39 is 29.5 Å². The van der Waals surface area contributed by atoms with Crippen LogP contribution >= 0.6 is 11.8 Å². The summed E-state index contributed by atoms with van der Waals surface area (Å²) in [5, 5.41) is 2.58. The molecule has 0 aromatic heterocycles. The van der Waals surface area contributed by atoms with Crippen molar-refractivity contribution in [2.24, 2.45) is 0 Å². The first kappa shape index (κ1) is 20.6. The number of nitrogens with one attached hydrogen (secondary N) is 1. The maximum atomic E-state index is 13.5. The molecule has 0 aliphatic heterocycles. The predicted molar refractivity (Wildman–Crippen MR) is 97.7 cm³/mol. The second kappa shape index (κ2) is 9.27. The van der Waals surface area contributed by atoms with Crippen LogP contribution in [0.5, 0.6) is 0 Å². The van der Waals surface area contributed by atoms with Crippen molar-refractivity contribution in [3.8, 4) is 0 Å². The number of anilines is 1. The van der Waals surface area contributed by atoms with Crippen LogP contribution in [0.25, 0.3) is 0 Å². The first-order chi connectivity index (χ1) is 12.8. The fourth-order valence-corrected chi connectivity index (χ4v) is 2.91. The van der Waals surface area contributed by atoms with Crippen LogP contribution in [0.1, 0.15) is 24.2 Å². The highest BCUT2D eigenvalue weighted by Crippen LogP contribution is 2.23. The van der Waals surface area contributed by atoms with Crippen molar-refractivity contribution < 1.29 is 27.9 Å². The lowest BCUT2D eigenvalue weighted by Gasteiger charge is -2.13. The summed E-state index contributed by atoms with van der Waals surface area (Å²) in [4.78, 5) is 35.1. The summed E-state index contributed by atoms with van der Waals surface area (Å²) in [6.07, 6.45) is -1.04. The summed E-state index contributed by atoms with van der Waals surface area (Å²) in [6, 6.07) is 9.08. The molecule has 1 N–H and O–H groups in total. The number of Topliss-reactive ketones (excluding diaryl/α,β-unsaturated/α-hetero) is 1. The molecule has 0 heterocycles. The number of thioether (sulfide) groups is 1. The zero-order valence-electron chi connectivity index (χ0n) is 14.6. The summed E-state index contributed by atoms with van der Waals surface area (Å²) < 4.78 is 31.7. The molecule has 27 heavy (non-hydrogen) atoms. The number of carbonyl (C=O) groups is 3. The number of halogens is 2. The molecule has 2 aromatic carbocycles. The van der Waals surface area contributed by atoms with Gasteiger partial charge in [0, 0.05) is 23.1 Å². The first-order valence-electron chi connectivity index (χ1n) is 7.95. The van der Waals surface area contributed by atoms with E-state index in [2.05, 4.69) is 5.32 Å². The Labute approximate surface area is 159 Å². The zero-order chi connectivity index (χ0) is 20.0. The fourth-order valence-electron chi connectivity index (χ4n) is 2.16. The summed E-state index contributed by atoms with van der Waals surface area (Å²) in [5.41, 5.74) is 0.852. The second-order valence-electron chi connectivity index (χ2n) is 5.62. The van der Waals surface area contributed by atoms with E-state index in [0.717, 1.165) is 30.0 Å². The van der Waals surface area contributed by atoms with Gasteiger partial charge in [0.1, 0.15) is 11.6 Å². The highest BCUT2D eigenvalue weighted by Gasteiger charge is 2.20. The summed E-state index contributed by atoms with van der Waals surface area (Å²) >= 11 is 0.785. The molecule has 0 bridgehead atoms. The molecular formula is C19H17F2NO4S. The molecule has 0 aliphatic carbocycles. The molecule has 0 fully saturated rings. The monoisotopic (exact) mass is 393 g/mol. The van der Waals surface area contributed by atoms with E-state index in [1.165, 1.54) is 26.0 Å². The number of rotatable bonds is 7. The molecule has 0 saturated carbocycles. The average molecular weight is 393 g/mol. The Morgan fingerprint density at radius 2 is 1.78 bits per heavy atom. The van der Waals surface area contributed by atoms with E-state index in [9.17, 15) is 23.2 Å². The quantitative estimate of drug-likeness (QED) is 0.440. The van der Waals surface area contributed by atoms with Gasteiger partial charge in [0.15, 0.2) is 6.10 Å². The van der Waals surface area contributed by atoms with E-state index in [0.29, 0.717) is 11.3 Å². The van der Waals surface area contributed by atoms with Crippen LogP contribution in [-0.4, -0.2) is 29.5 Å². The Bertz CT molecular complexity index is 855. The Kier molecular flexibility index (Phi) is 7.06. The van der Waals surface area contributed by atoms with E-state index in [4.69, 9.17) is 4.74 Å². The molecule has 142 valence electrons. The van der Waals surface area contributed by atoms with E-state index in [1.807, 2.05) is 0 Å². The van der Waals surface area contributed by atoms with Gasteiger partial charge in [-0.05, 0) is 49.4 Å².